The number of rotatable bonds is 8. The average Bonchev–Trinajstić information content (AvgIpc) is 3.07. The molecule has 7 nitrogen and oxygen atoms in total. The molecular formula is C27H27BrCl2N2O5S. The Morgan fingerprint density at radius 3 is 2.42 bits per heavy atom. The number of ether oxygens (including phenoxy) is 2. The molecule has 202 valence electrons. The molecular weight excluding hydrogens is 615 g/mol. The average molecular weight is 642 g/mol. The molecule has 2 aliphatic heterocycles. The van der Waals surface area contributed by atoms with Crippen LogP contribution in [0.25, 0.3) is 6.08 Å². The number of nitrogens with zero attached hydrogens (tertiary/aromatic N) is 2. The topological polar surface area (TPSA) is 76.2 Å². The van der Waals surface area contributed by atoms with Crippen LogP contribution in [0.1, 0.15) is 43.7 Å². The summed E-state index contributed by atoms with van der Waals surface area (Å²) in [6.45, 7) is 3.59. The van der Waals surface area contributed by atoms with Crippen LogP contribution in [-0.4, -0.2) is 53.1 Å². The SMILES string of the molecule is CCOc1cc(C=C2SC(=O)N(CC(=O)N3CCCCCC3)C2=O)c(Br)cc1OCc1ccc(Cl)c(Cl)c1. The second-order valence-electron chi connectivity index (χ2n) is 8.85. The van der Waals surface area contributed by atoms with Crippen LogP contribution in [0.15, 0.2) is 39.7 Å². The van der Waals surface area contributed by atoms with Crippen LogP contribution in [0.5, 0.6) is 11.5 Å². The molecule has 0 radical (unpaired) electrons. The van der Waals surface area contributed by atoms with Crippen LogP contribution in [0.3, 0.4) is 0 Å². The highest BCUT2D eigenvalue weighted by atomic mass is 79.9. The predicted octanol–water partition coefficient (Wildman–Crippen LogP) is 7.17. The van der Waals surface area contributed by atoms with E-state index in [-0.39, 0.29) is 24.0 Å². The van der Waals surface area contributed by atoms with E-state index in [4.69, 9.17) is 32.7 Å². The minimum absolute atomic E-state index is 0.196. The van der Waals surface area contributed by atoms with E-state index in [2.05, 4.69) is 15.9 Å². The van der Waals surface area contributed by atoms with E-state index < -0.39 is 11.1 Å². The zero-order valence-electron chi connectivity index (χ0n) is 20.8. The Kier molecular flexibility index (Phi) is 10.0. The third-order valence-electron chi connectivity index (χ3n) is 6.15. The Balaban J connectivity index is 1.50. The molecule has 0 saturated carbocycles. The molecule has 0 atom stereocenters. The number of benzene rings is 2. The summed E-state index contributed by atoms with van der Waals surface area (Å²) in [5.41, 5.74) is 1.48. The van der Waals surface area contributed by atoms with Gasteiger partial charge in [0, 0.05) is 17.6 Å². The van der Waals surface area contributed by atoms with Crippen molar-refractivity contribution in [2.45, 2.75) is 39.2 Å². The van der Waals surface area contributed by atoms with Crippen molar-refractivity contribution in [3.63, 3.8) is 0 Å². The van der Waals surface area contributed by atoms with Crippen LogP contribution in [-0.2, 0) is 16.2 Å². The summed E-state index contributed by atoms with van der Waals surface area (Å²) in [5.74, 6) is 0.308. The van der Waals surface area contributed by atoms with Gasteiger partial charge in [-0.25, -0.2) is 0 Å². The van der Waals surface area contributed by atoms with Gasteiger partial charge in [0.25, 0.3) is 11.1 Å². The van der Waals surface area contributed by atoms with E-state index in [9.17, 15) is 14.4 Å². The first-order chi connectivity index (χ1) is 18.3. The van der Waals surface area contributed by atoms with Gasteiger partial charge in [-0.05, 0) is 73.0 Å². The zero-order chi connectivity index (χ0) is 27.2. The van der Waals surface area contributed by atoms with Crippen molar-refractivity contribution in [2.24, 2.45) is 0 Å². The third-order valence-corrected chi connectivity index (χ3v) is 8.49. The second kappa shape index (κ2) is 13.2. The van der Waals surface area contributed by atoms with E-state index in [0.29, 0.717) is 51.3 Å². The molecule has 0 bridgehead atoms. The van der Waals surface area contributed by atoms with Gasteiger partial charge in [0.1, 0.15) is 13.2 Å². The fourth-order valence-electron chi connectivity index (χ4n) is 4.17. The van der Waals surface area contributed by atoms with Gasteiger partial charge in [-0.2, -0.15) is 0 Å². The number of thioether (sulfide) groups is 1. The van der Waals surface area contributed by atoms with Crippen LogP contribution in [0, 0.1) is 0 Å². The maximum atomic E-state index is 13.1. The van der Waals surface area contributed by atoms with Gasteiger partial charge < -0.3 is 14.4 Å². The first kappa shape index (κ1) is 28.8. The molecule has 38 heavy (non-hydrogen) atoms. The molecule has 2 heterocycles. The van der Waals surface area contributed by atoms with Gasteiger partial charge in [0.05, 0.1) is 21.6 Å². The molecule has 2 aromatic carbocycles. The van der Waals surface area contributed by atoms with Gasteiger partial charge in [-0.3, -0.25) is 19.3 Å². The van der Waals surface area contributed by atoms with Gasteiger partial charge >= 0.3 is 0 Å². The minimum atomic E-state index is -0.479. The molecule has 0 aliphatic carbocycles. The number of halogens is 3. The molecule has 4 rings (SSSR count). The van der Waals surface area contributed by atoms with Gasteiger partial charge in [-0.15, -0.1) is 0 Å². The zero-order valence-corrected chi connectivity index (χ0v) is 24.7. The summed E-state index contributed by atoms with van der Waals surface area (Å²) < 4.78 is 12.4. The highest BCUT2D eigenvalue weighted by molar-refractivity contribution is 9.10. The molecule has 0 unspecified atom stereocenters. The summed E-state index contributed by atoms with van der Waals surface area (Å²) in [4.78, 5) is 41.5. The number of carbonyl (C=O) groups excluding carboxylic acids is 3. The van der Waals surface area contributed by atoms with Crippen LogP contribution in [0.2, 0.25) is 10.0 Å². The van der Waals surface area contributed by atoms with Gasteiger partial charge in [-0.1, -0.05) is 58.0 Å². The van der Waals surface area contributed by atoms with Gasteiger partial charge in [0.15, 0.2) is 11.5 Å². The van der Waals surface area contributed by atoms with Crippen molar-refractivity contribution >= 4 is 74.0 Å². The third kappa shape index (κ3) is 7.05. The van der Waals surface area contributed by atoms with Crippen molar-refractivity contribution < 1.29 is 23.9 Å². The fraction of sp³-hybridized carbons (Fsp3) is 0.370. The van der Waals surface area contributed by atoms with Crippen molar-refractivity contribution in [2.75, 3.05) is 26.2 Å². The quantitative estimate of drug-likeness (QED) is 0.284. The van der Waals surface area contributed by atoms with E-state index >= 15 is 0 Å². The van der Waals surface area contributed by atoms with Gasteiger partial charge in [0.2, 0.25) is 5.91 Å². The van der Waals surface area contributed by atoms with Crippen LogP contribution < -0.4 is 9.47 Å². The number of carbonyl (C=O) groups is 3. The molecule has 0 N–H and O–H groups in total. The lowest BCUT2D eigenvalue weighted by Gasteiger charge is -2.22. The lowest BCUT2D eigenvalue weighted by Crippen LogP contribution is -2.42. The van der Waals surface area contributed by atoms with Crippen molar-refractivity contribution in [1.29, 1.82) is 0 Å². The first-order valence-corrected chi connectivity index (χ1v) is 14.7. The highest BCUT2D eigenvalue weighted by Crippen LogP contribution is 2.38. The number of likely N-dealkylation sites (tertiary alicyclic amines) is 1. The van der Waals surface area contributed by atoms with Crippen LogP contribution >= 0.6 is 50.9 Å². The molecule has 3 amide bonds. The molecule has 2 fully saturated rings. The van der Waals surface area contributed by atoms with Crippen LogP contribution in [0.4, 0.5) is 4.79 Å². The lowest BCUT2D eigenvalue weighted by atomic mass is 10.1. The van der Waals surface area contributed by atoms with E-state index in [0.717, 1.165) is 47.9 Å². The fourth-order valence-corrected chi connectivity index (χ4v) is 5.75. The summed E-state index contributed by atoms with van der Waals surface area (Å²) in [6.07, 6.45) is 5.68. The number of imide groups is 1. The second-order valence-corrected chi connectivity index (χ2v) is 11.5. The monoisotopic (exact) mass is 640 g/mol. The Bertz CT molecular complexity index is 1260. The lowest BCUT2D eigenvalue weighted by molar-refractivity contribution is -0.135. The summed E-state index contributed by atoms with van der Waals surface area (Å²) in [5, 5.41) is 0.455. The van der Waals surface area contributed by atoms with E-state index in [1.54, 1.807) is 35.2 Å². The largest absolute Gasteiger partial charge is 0.490 e. The van der Waals surface area contributed by atoms with Crippen molar-refractivity contribution in [1.82, 2.24) is 9.80 Å². The maximum absolute atomic E-state index is 13.1. The summed E-state index contributed by atoms with van der Waals surface area (Å²) in [6, 6.07) is 8.77. The first-order valence-electron chi connectivity index (χ1n) is 12.3. The van der Waals surface area contributed by atoms with Crippen molar-refractivity contribution in [3.05, 3.63) is 60.9 Å². The Hall–Kier alpha value is -2.20. The van der Waals surface area contributed by atoms with E-state index in [1.165, 1.54) is 0 Å². The summed E-state index contributed by atoms with van der Waals surface area (Å²) >= 11 is 16.5. The standard InChI is InChI=1S/C27H27BrCl2N2O5S/c1-2-36-22-12-18(19(28)14-23(22)37-16-17-7-8-20(29)21(30)11-17)13-24-26(34)32(27(35)38-24)15-25(33)31-9-5-3-4-6-10-31/h7-8,11-14H,2-6,9-10,15-16H2,1H3. The number of hydrogen-bond donors (Lipinski definition) is 0. The Morgan fingerprint density at radius 2 is 1.74 bits per heavy atom. The molecule has 2 aliphatic rings. The number of amides is 3. The highest BCUT2D eigenvalue weighted by Gasteiger charge is 2.37. The molecule has 11 heteroatoms. The maximum Gasteiger partial charge on any atom is 0.294 e. The predicted molar refractivity (Wildman–Crippen MR) is 154 cm³/mol. The minimum Gasteiger partial charge on any atom is -0.490 e. The molecule has 2 aromatic rings. The number of hydrogen-bond acceptors (Lipinski definition) is 6. The summed E-state index contributed by atoms with van der Waals surface area (Å²) in [7, 11) is 0. The molecule has 0 aromatic heterocycles. The molecule has 0 spiro atoms. The Labute approximate surface area is 244 Å². The molecule has 2 saturated heterocycles. The normalized spacial score (nSPS) is 17.2. The Morgan fingerprint density at radius 1 is 1.03 bits per heavy atom. The van der Waals surface area contributed by atoms with Crippen molar-refractivity contribution in [3.8, 4) is 11.5 Å². The van der Waals surface area contributed by atoms with E-state index in [1.807, 2.05) is 13.0 Å². The smallest absolute Gasteiger partial charge is 0.294 e.